The summed E-state index contributed by atoms with van der Waals surface area (Å²) in [5, 5.41) is 2.88. The monoisotopic (exact) mass is 409 g/mol. The molecule has 2 amide bonds. The number of ether oxygens (including phenoxy) is 2. The van der Waals surface area contributed by atoms with Crippen molar-refractivity contribution in [3.8, 4) is 5.75 Å². The van der Waals surface area contributed by atoms with Gasteiger partial charge in [-0.2, -0.15) is 0 Å². The molecule has 0 radical (unpaired) electrons. The average molecular weight is 409 g/mol. The number of benzene rings is 1. The summed E-state index contributed by atoms with van der Waals surface area (Å²) in [5.41, 5.74) is 1.36. The molecule has 1 N–H and O–H groups in total. The summed E-state index contributed by atoms with van der Waals surface area (Å²) in [4.78, 5) is 31.0. The van der Waals surface area contributed by atoms with E-state index in [-0.39, 0.29) is 24.0 Å². The highest BCUT2D eigenvalue weighted by Gasteiger charge is 2.31. The van der Waals surface area contributed by atoms with Crippen molar-refractivity contribution in [1.82, 2.24) is 15.2 Å². The predicted octanol–water partition coefficient (Wildman–Crippen LogP) is 2.56. The van der Waals surface area contributed by atoms with E-state index < -0.39 is 0 Å². The van der Waals surface area contributed by atoms with E-state index in [9.17, 15) is 9.59 Å². The van der Waals surface area contributed by atoms with Gasteiger partial charge in [0.25, 0.3) is 11.8 Å². The highest BCUT2D eigenvalue weighted by atomic mass is 16.5. The number of aromatic nitrogens is 1. The molecule has 2 aromatic rings. The Morgan fingerprint density at radius 1 is 1.13 bits per heavy atom. The maximum absolute atomic E-state index is 12.5. The lowest BCUT2D eigenvalue weighted by atomic mass is 10.1. The molecule has 0 bridgehead atoms. The van der Waals surface area contributed by atoms with E-state index in [0.717, 1.165) is 31.4 Å². The number of carbonyl (C=O) groups is 2. The van der Waals surface area contributed by atoms with E-state index in [1.165, 1.54) is 0 Å². The maximum Gasteiger partial charge on any atom is 0.251 e. The Hall–Kier alpha value is -2.93. The smallest absolute Gasteiger partial charge is 0.251 e. The third kappa shape index (κ3) is 5.16. The van der Waals surface area contributed by atoms with Gasteiger partial charge in [0.1, 0.15) is 18.0 Å². The molecule has 3 heterocycles. The van der Waals surface area contributed by atoms with Crippen LogP contribution in [0.3, 0.4) is 0 Å². The first kappa shape index (κ1) is 20.3. The van der Waals surface area contributed by atoms with Gasteiger partial charge in [-0.05, 0) is 43.2 Å². The molecule has 2 aliphatic rings. The Balaban J connectivity index is 1.27. The fraction of sp³-hybridized carbons (Fsp3) is 0.435. The Kier molecular flexibility index (Phi) is 6.59. The van der Waals surface area contributed by atoms with Gasteiger partial charge >= 0.3 is 0 Å². The number of piperidine rings is 1. The standard InChI is InChI=1S/C23H27N3O4/c27-22(25-16-18-6-1-2-11-24-18)17-5-3-7-20(15-17)30-19-9-12-26(13-10-19)23(28)21-8-4-14-29-21/h1-3,5-7,11,15,19,21H,4,8-10,12-14,16H2,(H,25,27)/t21-/m1/s1. The van der Waals surface area contributed by atoms with E-state index in [2.05, 4.69) is 10.3 Å². The third-order valence-corrected chi connectivity index (χ3v) is 5.51. The molecule has 2 fully saturated rings. The molecular formula is C23H27N3O4. The van der Waals surface area contributed by atoms with E-state index in [1.54, 1.807) is 18.3 Å². The minimum absolute atomic E-state index is 0.0328. The van der Waals surface area contributed by atoms with Gasteiger partial charge in [-0.15, -0.1) is 0 Å². The molecule has 158 valence electrons. The molecule has 1 aromatic carbocycles. The summed E-state index contributed by atoms with van der Waals surface area (Å²) in [6.45, 7) is 2.41. The summed E-state index contributed by atoms with van der Waals surface area (Å²) in [6, 6.07) is 12.8. The molecule has 1 aromatic heterocycles. The molecule has 1 atom stereocenters. The second kappa shape index (κ2) is 9.71. The van der Waals surface area contributed by atoms with Crippen molar-refractivity contribution in [3.05, 3.63) is 59.9 Å². The highest BCUT2D eigenvalue weighted by molar-refractivity contribution is 5.94. The highest BCUT2D eigenvalue weighted by Crippen LogP contribution is 2.22. The number of amides is 2. The summed E-state index contributed by atoms with van der Waals surface area (Å²) in [7, 11) is 0. The third-order valence-electron chi connectivity index (χ3n) is 5.51. The van der Waals surface area contributed by atoms with Gasteiger partial charge < -0.3 is 19.7 Å². The lowest BCUT2D eigenvalue weighted by Gasteiger charge is -2.33. The van der Waals surface area contributed by atoms with Crippen molar-refractivity contribution < 1.29 is 19.1 Å². The van der Waals surface area contributed by atoms with Gasteiger partial charge in [0, 0.05) is 44.3 Å². The van der Waals surface area contributed by atoms with E-state index in [1.807, 2.05) is 35.2 Å². The fourth-order valence-electron chi connectivity index (χ4n) is 3.85. The number of pyridine rings is 1. The number of nitrogens with zero attached hydrogens (tertiary/aromatic N) is 2. The molecule has 7 nitrogen and oxygen atoms in total. The van der Waals surface area contributed by atoms with Crippen LogP contribution in [0.4, 0.5) is 0 Å². The Morgan fingerprint density at radius 2 is 2.00 bits per heavy atom. The van der Waals surface area contributed by atoms with Crippen molar-refractivity contribution >= 4 is 11.8 Å². The fourth-order valence-corrected chi connectivity index (χ4v) is 3.85. The first-order valence-electron chi connectivity index (χ1n) is 10.5. The van der Waals surface area contributed by atoms with Gasteiger partial charge in [-0.3, -0.25) is 14.6 Å². The minimum Gasteiger partial charge on any atom is -0.490 e. The zero-order chi connectivity index (χ0) is 20.8. The Morgan fingerprint density at radius 3 is 2.73 bits per heavy atom. The van der Waals surface area contributed by atoms with Crippen molar-refractivity contribution in [2.75, 3.05) is 19.7 Å². The zero-order valence-corrected chi connectivity index (χ0v) is 17.0. The van der Waals surface area contributed by atoms with Crippen molar-refractivity contribution in [2.24, 2.45) is 0 Å². The van der Waals surface area contributed by atoms with Crippen LogP contribution in [0.1, 0.15) is 41.7 Å². The molecule has 0 saturated carbocycles. The van der Waals surface area contributed by atoms with Crippen LogP contribution in [-0.2, 0) is 16.1 Å². The quantitative estimate of drug-likeness (QED) is 0.793. The van der Waals surface area contributed by atoms with Crippen LogP contribution in [0.15, 0.2) is 48.7 Å². The number of nitrogens with one attached hydrogen (secondary N) is 1. The second-order valence-electron chi connectivity index (χ2n) is 7.68. The van der Waals surface area contributed by atoms with E-state index in [0.29, 0.717) is 37.6 Å². The number of hydrogen-bond acceptors (Lipinski definition) is 5. The maximum atomic E-state index is 12.5. The molecule has 0 aliphatic carbocycles. The first-order chi connectivity index (χ1) is 14.7. The minimum atomic E-state index is -0.260. The van der Waals surface area contributed by atoms with E-state index in [4.69, 9.17) is 9.47 Å². The van der Waals surface area contributed by atoms with Crippen LogP contribution in [0, 0.1) is 0 Å². The summed E-state index contributed by atoms with van der Waals surface area (Å²) in [6.07, 6.45) is 4.81. The van der Waals surface area contributed by atoms with Crippen LogP contribution >= 0.6 is 0 Å². The van der Waals surface area contributed by atoms with Crippen LogP contribution in [0.5, 0.6) is 5.75 Å². The number of carbonyl (C=O) groups excluding carboxylic acids is 2. The van der Waals surface area contributed by atoms with Crippen molar-refractivity contribution in [1.29, 1.82) is 0 Å². The largest absolute Gasteiger partial charge is 0.490 e. The number of hydrogen-bond donors (Lipinski definition) is 1. The normalized spacial score (nSPS) is 19.5. The molecule has 2 saturated heterocycles. The van der Waals surface area contributed by atoms with Gasteiger partial charge in [0.2, 0.25) is 0 Å². The molecule has 4 rings (SSSR count). The topological polar surface area (TPSA) is 80.8 Å². The van der Waals surface area contributed by atoms with Crippen LogP contribution in [-0.4, -0.2) is 53.6 Å². The lowest BCUT2D eigenvalue weighted by Crippen LogP contribution is -2.45. The van der Waals surface area contributed by atoms with Crippen molar-refractivity contribution in [2.45, 2.75) is 44.4 Å². The first-order valence-corrected chi connectivity index (χ1v) is 10.5. The van der Waals surface area contributed by atoms with Gasteiger partial charge in [0.05, 0.1) is 12.2 Å². The second-order valence-corrected chi connectivity index (χ2v) is 7.68. The molecule has 2 aliphatic heterocycles. The Bertz CT molecular complexity index is 860. The molecular weight excluding hydrogens is 382 g/mol. The van der Waals surface area contributed by atoms with Gasteiger partial charge in [-0.25, -0.2) is 0 Å². The van der Waals surface area contributed by atoms with Crippen LogP contribution in [0.2, 0.25) is 0 Å². The SMILES string of the molecule is O=C(NCc1ccccn1)c1cccc(OC2CCN(C(=O)[C@H]3CCCO3)CC2)c1. The Labute approximate surface area is 176 Å². The van der Waals surface area contributed by atoms with Crippen molar-refractivity contribution in [3.63, 3.8) is 0 Å². The van der Waals surface area contributed by atoms with Crippen LogP contribution < -0.4 is 10.1 Å². The number of likely N-dealkylation sites (tertiary alicyclic amines) is 1. The molecule has 0 unspecified atom stereocenters. The summed E-state index contributed by atoms with van der Waals surface area (Å²) < 4.78 is 11.6. The van der Waals surface area contributed by atoms with Gasteiger partial charge in [-0.1, -0.05) is 12.1 Å². The predicted molar refractivity (Wildman–Crippen MR) is 111 cm³/mol. The zero-order valence-electron chi connectivity index (χ0n) is 17.0. The van der Waals surface area contributed by atoms with Crippen LogP contribution in [0.25, 0.3) is 0 Å². The van der Waals surface area contributed by atoms with Gasteiger partial charge in [0.15, 0.2) is 0 Å². The molecule has 7 heteroatoms. The lowest BCUT2D eigenvalue weighted by molar-refractivity contribution is -0.142. The summed E-state index contributed by atoms with van der Waals surface area (Å²) >= 11 is 0. The number of rotatable bonds is 6. The average Bonchev–Trinajstić information content (AvgIpc) is 3.33. The molecule has 30 heavy (non-hydrogen) atoms. The molecule has 0 spiro atoms. The summed E-state index contributed by atoms with van der Waals surface area (Å²) in [5.74, 6) is 0.616. The van der Waals surface area contributed by atoms with E-state index >= 15 is 0 Å².